The number of halogens is 1. The first-order valence-corrected chi connectivity index (χ1v) is 7.12. The average Bonchev–Trinajstić information content (AvgIpc) is 2.78. The Labute approximate surface area is 116 Å². The Balaban J connectivity index is 2.00. The zero-order valence-corrected chi connectivity index (χ0v) is 12.4. The lowest BCUT2D eigenvalue weighted by Gasteiger charge is -2.26. The molecule has 2 atom stereocenters. The topological polar surface area (TPSA) is 41.1 Å². The van der Waals surface area contributed by atoms with Gasteiger partial charge in [0.15, 0.2) is 0 Å². The minimum Gasteiger partial charge on any atom is -0.348 e. The number of hydrogen-bond donors (Lipinski definition) is 2. The van der Waals surface area contributed by atoms with Crippen LogP contribution in [0.25, 0.3) is 0 Å². The highest BCUT2D eigenvalue weighted by Crippen LogP contribution is 2.21. The van der Waals surface area contributed by atoms with Crippen LogP contribution in [0.2, 0.25) is 0 Å². The van der Waals surface area contributed by atoms with Crippen molar-refractivity contribution in [3.8, 4) is 0 Å². The number of carbonyl (C=O) groups is 1. The molecule has 2 rings (SSSR count). The third-order valence-electron chi connectivity index (χ3n) is 3.59. The fraction of sp³-hybridized carbons (Fsp3) is 0.500. The molecular weight excluding hydrogens is 292 g/mol. The largest absolute Gasteiger partial charge is 0.348 e. The first kappa shape index (κ1) is 13.6. The van der Waals surface area contributed by atoms with Gasteiger partial charge in [-0.15, -0.1) is 0 Å². The number of nitrogens with one attached hydrogen (secondary N) is 2. The molecule has 4 heteroatoms. The van der Waals surface area contributed by atoms with E-state index >= 15 is 0 Å². The van der Waals surface area contributed by atoms with Gasteiger partial charge in [-0.1, -0.05) is 28.1 Å². The Kier molecular flexibility index (Phi) is 4.07. The Morgan fingerprint density at radius 1 is 1.44 bits per heavy atom. The van der Waals surface area contributed by atoms with Crippen LogP contribution in [-0.4, -0.2) is 18.0 Å². The maximum Gasteiger partial charge on any atom is 0.240 e. The van der Waals surface area contributed by atoms with Crippen molar-refractivity contribution in [2.75, 3.05) is 6.54 Å². The fourth-order valence-electron chi connectivity index (χ4n) is 2.28. The molecule has 1 aromatic rings. The van der Waals surface area contributed by atoms with E-state index in [-0.39, 0.29) is 11.9 Å². The van der Waals surface area contributed by atoms with Crippen molar-refractivity contribution >= 4 is 21.8 Å². The summed E-state index contributed by atoms with van der Waals surface area (Å²) in [7, 11) is 0. The van der Waals surface area contributed by atoms with Crippen LogP contribution in [0, 0.1) is 0 Å². The van der Waals surface area contributed by atoms with Gasteiger partial charge in [-0.2, -0.15) is 0 Å². The van der Waals surface area contributed by atoms with Gasteiger partial charge in [0.05, 0.1) is 11.6 Å². The molecule has 0 spiro atoms. The Morgan fingerprint density at radius 2 is 2.11 bits per heavy atom. The Hall–Kier alpha value is -0.870. The zero-order chi connectivity index (χ0) is 13.2. The lowest BCUT2D eigenvalue weighted by molar-refractivity contribution is -0.127. The summed E-state index contributed by atoms with van der Waals surface area (Å²) in [6.07, 6.45) is 1.97. The van der Waals surface area contributed by atoms with Gasteiger partial charge < -0.3 is 10.6 Å². The molecule has 3 nitrogen and oxygen atoms in total. The number of amides is 1. The molecule has 0 aliphatic carbocycles. The van der Waals surface area contributed by atoms with E-state index in [1.165, 1.54) is 0 Å². The van der Waals surface area contributed by atoms with Crippen LogP contribution < -0.4 is 10.6 Å². The molecule has 1 amide bonds. The van der Waals surface area contributed by atoms with Crippen molar-refractivity contribution in [2.24, 2.45) is 0 Å². The molecule has 1 saturated heterocycles. The van der Waals surface area contributed by atoms with Crippen LogP contribution in [0.3, 0.4) is 0 Å². The highest BCUT2D eigenvalue weighted by atomic mass is 79.9. The predicted molar refractivity (Wildman–Crippen MR) is 76.3 cm³/mol. The summed E-state index contributed by atoms with van der Waals surface area (Å²) in [6.45, 7) is 4.92. The van der Waals surface area contributed by atoms with Gasteiger partial charge in [-0.3, -0.25) is 4.79 Å². The molecule has 1 aliphatic rings. The van der Waals surface area contributed by atoms with E-state index in [4.69, 9.17) is 0 Å². The van der Waals surface area contributed by atoms with Crippen LogP contribution in [0.1, 0.15) is 38.3 Å². The van der Waals surface area contributed by atoms with E-state index in [1.807, 2.05) is 38.1 Å². The van der Waals surface area contributed by atoms with Crippen LogP contribution in [0.15, 0.2) is 28.7 Å². The van der Waals surface area contributed by atoms with Crippen LogP contribution in [0.4, 0.5) is 0 Å². The zero-order valence-electron chi connectivity index (χ0n) is 10.8. The average molecular weight is 311 g/mol. The first-order valence-electron chi connectivity index (χ1n) is 6.33. The molecule has 0 bridgehead atoms. The molecule has 0 aromatic heterocycles. The van der Waals surface area contributed by atoms with Crippen LogP contribution >= 0.6 is 15.9 Å². The van der Waals surface area contributed by atoms with Crippen molar-refractivity contribution < 1.29 is 4.79 Å². The van der Waals surface area contributed by atoms with Gasteiger partial charge in [0.25, 0.3) is 0 Å². The lowest BCUT2D eigenvalue weighted by atomic mass is 9.98. The summed E-state index contributed by atoms with van der Waals surface area (Å²) in [6, 6.07) is 8.07. The molecule has 1 aromatic carbocycles. The third-order valence-corrected chi connectivity index (χ3v) is 4.12. The molecule has 1 heterocycles. The van der Waals surface area contributed by atoms with Crippen molar-refractivity contribution in [3.63, 3.8) is 0 Å². The van der Waals surface area contributed by atoms with Gasteiger partial charge in [0, 0.05) is 4.47 Å². The summed E-state index contributed by atoms with van der Waals surface area (Å²) < 4.78 is 1.05. The van der Waals surface area contributed by atoms with Crippen molar-refractivity contribution in [1.82, 2.24) is 10.6 Å². The van der Waals surface area contributed by atoms with E-state index in [9.17, 15) is 4.79 Å². The van der Waals surface area contributed by atoms with Gasteiger partial charge in [0.2, 0.25) is 5.91 Å². The highest BCUT2D eigenvalue weighted by molar-refractivity contribution is 9.10. The van der Waals surface area contributed by atoms with Crippen LogP contribution in [-0.2, 0) is 4.79 Å². The number of hydrogen-bond acceptors (Lipinski definition) is 2. The van der Waals surface area contributed by atoms with Crippen molar-refractivity contribution in [1.29, 1.82) is 0 Å². The molecule has 1 fully saturated rings. The third kappa shape index (κ3) is 2.93. The minimum atomic E-state index is -0.399. The second-order valence-electron chi connectivity index (χ2n) is 5.11. The van der Waals surface area contributed by atoms with E-state index in [0.29, 0.717) is 0 Å². The summed E-state index contributed by atoms with van der Waals surface area (Å²) in [4.78, 5) is 12.2. The number of benzene rings is 1. The van der Waals surface area contributed by atoms with Gasteiger partial charge in [-0.25, -0.2) is 0 Å². The maximum atomic E-state index is 12.2. The molecule has 1 unspecified atom stereocenters. The normalized spacial score (nSPS) is 24.8. The molecule has 1 aliphatic heterocycles. The summed E-state index contributed by atoms with van der Waals surface area (Å²) in [5.74, 6) is 0.0930. The highest BCUT2D eigenvalue weighted by Gasteiger charge is 2.36. The van der Waals surface area contributed by atoms with Gasteiger partial charge in [-0.05, 0) is 50.9 Å². The summed E-state index contributed by atoms with van der Waals surface area (Å²) in [5, 5.41) is 6.36. The van der Waals surface area contributed by atoms with E-state index < -0.39 is 5.54 Å². The number of carbonyl (C=O) groups excluding carboxylic acids is 1. The number of rotatable bonds is 3. The summed E-state index contributed by atoms with van der Waals surface area (Å²) in [5.41, 5.74) is 0.719. The first-order chi connectivity index (χ1) is 8.51. The molecule has 2 N–H and O–H groups in total. The monoisotopic (exact) mass is 310 g/mol. The van der Waals surface area contributed by atoms with E-state index in [0.717, 1.165) is 29.4 Å². The second kappa shape index (κ2) is 5.41. The SMILES string of the molecule is C[C@@H](NC(=O)C1(C)CCCN1)c1ccc(Br)cc1. The van der Waals surface area contributed by atoms with Gasteiger partial charge in [0.1, 0.15) is 0 Å². The van der Waals surface area contributed by atoms with Crippen molar-refractivity contribution in [2.45, 2.75) is 38.3 Å². The minimum absolute atomic E-state index is 0.0322. The Morgan fingerprint density at radius 3 is 2.67 bits per heavy atom. The van der Waals surface area contributed by atoms with E-state index in [1.54, 1.807) is 0 Å². The fourth-order valence-corrected chi connectivity index (χ4v) is 2.54. The molecule has 0 saturated carbocycles. The molecular formula is C14H19BrN2O. The van der Waals surface area contributed by atoms with Gasteiger partial charge >= 0.3 is 0 Å². The van der Waals surface area contributed by atoms with Crippen molar-refractivity contribution in [3.05, 3.63) is 34.3 Å². The van der Waals surface area contributed by atoms with Crippen LogP contribution in [0.5, 0.6) is 0 Å². The Bertz CT molecular complexity index is 424. The predicted octanol–water partition coefficient (Wildman–Crippen LogP) is 2.77. The smallest absolute Gasteiger partial charge is 0.240 e. The lowest BCUT2D eigenvalue weighted by Crippen LogP contribution is -2.51. The molecule has 18 heavy (non-hydrogen) atoms. The quantitative estimate of drug-likeness (QED) is 0.901. The second-order valence-corrected chi connectivity index (χ2v) is 6.02. The molecule has 98 valence electrons. The standard InChI is InChI=1S/C14H19BrN2O/c1-10(11-4-6-12(15)7-5-11)17-13(18)14(2)8-3-9-16-14/h4-7,10,16H,3,8-9H2,1-2H3,(H,17,18)/t10-,14?/m1/s1. The molecule has 0 radical (unpaired) electrons. The van der Waals surface area contributed by atoms with E-state index in [2.05, 4.69) is 26.6 Å². The maximum absolute atomic E-state index is 12.2. The summed E-state index contributed by atoms with van der Waals surface area (Å²) >= 11 is 3.41.